The van der Waals surface area contributed by atoms with Crippen molar-refractivity contribution < 1.29 is 4.42 Å². The molecule has 4 aromatic heterocycles. The van der Waals surface area contributed by atoms with Crippen LogP contribution in [0.1, 0.15) is 0 Å². The molecule has 0 amide bonds. The molecule has 9 rings (SSSR count). The summed E-state index contributed by atoms with van der Waals surface area (Å²) >= 11 is 1.75. The van der Waals surface area contributed by atoms with E-state index in [9.17, 15) is 0 Å². The van der Waals surface area contributed by atoms with Gasteiger partial charge in [-0.2, -0.15) is 0 Å². The lowest BCUT2D eigenvalue weighted by atomic mass is 10.1. The highest BCUT2D eigenvalue weighted by Gasteiger charge is 2.22. The average Bonchev–Trinajstić information content (AvgIpc) is 3.66. The van der Waals surface area contributed by atoms with Gasteiger partial charge in [0.1, 0.15) is 11.2 Å². The Hall–Kier alpha value is -5.00. The Labute approximate surface area is 226 Å². The highest BCUT2D eigenvalue weighted by Crippen LogP contribution is 2.43. The summed E-state index contributed by atoms with van der Waals surface area (Å²) in [6, 6.07) is 39.9. The highest BCUT2D eigenvalue weighted by molar-refractivity contribution is 7.26. The zero-order chi connectivity index (χ0) is 25.5. The first-order valence-corrected chi connectivity index (χ1v) is 13.8. The lowest BCUT2D eigenvalue weighted by Crippen LogP contribution is -2.01. The van der Waals surface area contributed by atoms with E-state index >= 15 is 0 Å². The molecule has 0 spiro atoms. The van der Waals surface area contributed by atoms with Crippen molar-refractivity contribution >= 4 is 75.4 Å². The Bertz CT molecular complexity index is 2400. The van der Waals surface area contributed by atoms with Crippen molar-refractivity contribution in [2.24, 2.45) is 0 Å². The Kier molecular flexibility index (Phi) is 4.18. The van der Waals surface area contributed by atoms with Gasteiger partial charge in [-0.3, -0.25) is 4.57 Å². The molecule has 0 aliphatic carbocycles. The fourth-order valence-corrected chi connectivity index (χ4v) is 7.03. The maximum atomic E-state index is 6.51. The summed E-state index contributed by atoms with van der Waals surface area (Å²) in [5.74, 6) is 1.61. The topological polar surface area (TPSA) is 43.9 Å². The molecule has 9 aromatic rings. The van der Waals surface area contributed by atoms with Crippen LogP contribution < -0.4 is 0 Å². The number of fused-ring (bicyclic) bond motifs is 10. The maximum Gasteiger partial charge on any atom is 0.162 e. The van der Waals surface area contributed by atoms with Gasteiger partial charge in [0.25, 0.3) is 0 Å². The van der Waals surface area contributed by atoms with E-state index in [4.69, 9.17) is 14.4 Å². The van der Waals surface area contributed by atoms with Crippen LogP contribution in [0.4, 0.5) is 0 Å². The van der Waals surface area contributed by atoms with Gasteiger partial charge in [0.05, 0.1) is 26.6 Å². The molecule has 0 saturated carbocycles. The van der Waals surface area contributed by atoms with E-state index < -0.39 is 0 Å². The molecule has 4 nitrogen and oxygen atoms in total. The number of para-hydroxylation sites is 2. The van der Waals surface area contributed by atoms with Crippen LogP contribution >= 0.6 is 11.3 Å². The number of benzene rings is 5. The lowest BCUT2D eigenvalue weighted by Gasteiger charge is -2.10. The van der Waals surface area contributed by atoms with E-state index in [1.165, 1.54) is 4.70 Å². The zero-order valence-electron chi connectivity index (χ0n) is 20.6. The summed E-state index contributed by atoms with van der Waals surface area (Å²) in [4.78, 5) is 10.4. The van der Waals surface area contributed by atoms with Crippen LogP contribution in [0.15, 0.2) is 120 Å². The largest absolute Gasteiger partial charge is 0.455 e. The molecule has 0 saturated heterocycles. The van der Waals surface area contributed by atoms with Crippen molar-refractivity contribution in [2.45, 2.75) is 0 Å². The fourth-order valence-electron chi connectivity index (χ4n) is 5.91. The molecule has 5 aromatic carbocycles. The molecule has 182 valence electrons. The quantitative estimate of drug-likeness (QED) is 0.229. The normalized spacial score (nSPS) is 12.1. The number of rotatable bonds is 2. The monoisotopic (exact) mass is 517 g/mol. The second kappa shape index (κ2) is 7.76. The Morgan fingerprint density at radius 2 is 1.33 bits per heavy atom. The number of hydrogen-bond acceptors (Lipinski definition) is 4. The molecule has 39 heavy (non-hydrogen) atoms. The minimum atomic E-state index is 0.720. The molecule has 5 heteroatoms. The van der Waals surface area contributed by atoms with Gasteiger partial charge in [-0.25, -0.2) is 9.97 Å². The van der Waals surface area contributed by atoms with Gasteiger partial charge in [-0.1, -0.05) is 84.9 Å². The maximum absolute atomic E-state index is 6.51. The predicted octanol–water partition coefficient (Wildman–Crippen LogP) is 9.51. The molecule has 4 heterocycles. The van der Waals surface area contributed by atoms with E-state index in [1.54, 1.807) is 11.3 Å². The lowest BCUT2D eigenvalue weighted by molar-refractivity contribution is 0.673. The number of furan rings is 1. The van der Waals surface area contributed by atoms with Gasteiger partial charge in [0.15, 0.2) is 11.6 Å². The third-order valence-electron chi connectivity index (χ3n) is 7.63. The molecule has 0 aliphatic heterocycles. The first kappa shape index (κ1) is 21.0. The zero-order valence-corrected chi connectivity index (χ0v) is 21.4. The van der Waals surface area contributed by atoms with Gasteiger partial charge in [-0.15, -0.1) is 11.3 Å². The highest BCUT2D eigenvalue weighted by atomic mass is 32.1. The van der Waals surface area contributed by atoms with Gasteiger partial charge in [0.2, 0.25) is 0 Å². The van der Waals surface area contributed by atoms with Crippen LogP contribution in [-0.2, 0) is 0 Å². The molecule has 0 aliphatic rings. The van der Waals surface area contributed by atoms with Gasteiger partial charge in [0, 0.05) is 31.8 Å². The van der Waals surface area contributed by atoms with Gasteiger partial charge >= 0.3 is 0 Å². The van der Waals surface area contributed by atoms with E-state index in [0.29, 0.717) is 0 Å². The Morgan fingerprint density at radius 3 is 2.23 bits per heavy atom. The van der Waals surface area contributed by atoms with Crippen LogP contribution in [0.5, 0.6) is 0 Å². The molecular weight excluding hydrogens is 498 g/mol. The van der Waals surface area contributed by atoms with E-state index in [-0.39, 0.29) is 0 Å². The second-order valence-electron chi connectivity index (χ2n) is 9.80. The van der Waals surface area contributed by atoms with Crippen molar-refractivity contribution in [3.05, 3.63) is 115 Å². The number of nitrogens with zero attached hydrogens (tertiary/aromatic N) is 3. The van der Waals surface area contributed by atoms with Crippen LogP contribution in [0.3, 0.4) is 0 Å². The summed E-state index contributed by atoms with van der Waals surface area (Å²) in [6.45, 7) is 0. The SMILES string of the molecule is c1ccc(-c2nc(-n3c4ccccc4c4c5oc6ccccc6c5ccc43)c3sc4ccccc4c3n2)cc1. The van der Waals surface area contributed by atoms with Crippen molar-refractivity contribution in [3.63, 3.8) is 0 Å². The standard InChI is InChI=1S/C34H19N3OS/c1-2-10-20(11-3-1)33-35-30-24-14-6-9-17-28(24)39-32(30)34(36-33)37-25-15-7-4-13-23(25)29-26(37)19-18-22-21-12-5-8-16-27(21)38-31(22)29/h1-19H. The summed E-state index contributed by atoms with van der Waals surface area (Å²) in [5, 5.41) is 5.66. The minimum Gasteiger partial charge on any atom is -0.455 e. The van der Waals surface area contributed by atoms with Gasteiger partial charge < -0.3 is 4.42 Å². The number of aromatic nitrogens is 3. The van der Waals surface area contributed by atoms with Crippen molar-refractivity contribution in [2.75, 3.05) is 0 Å². The molecule has 0 N–H and O–H groups in total. The Balaban J connectivity index is 1.48. The summed E-state index contributed by atoms with van der Waals surface area (Å²) in [7, 11) is 0. The average molecular weight is 518 g/mol. The predicted molar refractivity (Wildman–Crippen MR) is 162 cm³/mol. The molecular formula is C34H19N3OS. The molecule has 0 fully saturated rings. The smallest absolute Gasteiger partial charge is 0.162 e. The molecule has 0 bridgehead atoms. The number of hydrogen-bond donors (Lipinski definition) is 0. The first-order valence-electron chi connectivity index (χ1n) is 12.9. The van der Waals surface area contributed by atoms with Crippen LogP contribution in [0.25, 0.3) is 81.3 Å². The summed E-state index contributed by atoms with van der Waals surface area (Å²) in [6.07, 6.45) is 0. The van der Waals surface area contributed by atoms with E-state index in [1.807, 2.05) is 30.3 Å². The fraction of sp³-hybridized carbons (Fsp3) is 0. The number of thiophene rings is 1. The van der Waals surface area contributed by atoms with Crippen LogP contribution in [0, 0.1) is 0 Å². The summed E-state index contributed by atoms with van der Waals surface area (Å²) in [5.41, 5.74) is 5.95. The molecule has 0 radical (unpaired) electrons. The van der Waals surface area contributed by atoms with Crippen molar-refractivity contribution in [3.8, 4) is 17.2 Å². The first-order chi connectivity index (χ1) is 19.3. The van der Waals surface area contributed by atoms with Crippen molar-refractivity contribution in [1.29, 1.82) is 0 Å². The third kappa shape index (κ3) is 2.88. The summed E-state index contributed by atoms with van der Waals surface area (Å²) < 4.78 is 11.1. The van der Waals surface area contributed by atoms with E-state index in [2.05, 4.69) is 89.5 Å². The second-order valence-corrected chi connectivity index (χ2v) is 10.9. The van der Waals surface area contributed by atoms with Crippen LogP contribution in [0.2, 0.25) is 0 Å². The van der Waals surface area contributed by atoms with Crippen LogP contribution in [-0.4, -0.2) is 14.5 Å². The minimum absolute atomic E-state index is 0.720. The third-order valence-corrected chi connectivity index (χ3v) is 8.78. The van der Waals surface area contributed by atoms with E-state index in [0.717, 1.165) is 76.6 Å². The molecule has 0 unspecified atom stereocenters. The molecule has 0 atom stereocenters. The van der Waals surface area contributed by atoms with Gasteiger partial charge in [-0.05, 0) is 30.3 Å². The van der Waals surface area contributed by atoms with Crippen molar-refractivity contribution in [1.82, 2.24) is 14.5 Å². The Morgan fingerprint density at radius 1 is 0.590 bits per heavy atom.